The van der Waals surface area contributed by atoms with Crippen LogP contribution < -0.4 is 5.32 Å². The first kappa shape index (κ1) is 14.8. The van der Waals surface area contributed by atoms with E-state index in [1.165, 1.54) is 23.3 Å². The van der Waals surface area contributed by atoms with Crippen molar-refractivity contribution in [2.45, 2.75) is 39.5 Å². The minimum atomic E-state index is -0.0243. The van der Waals surface area contributed by atoms with Crippen molar-refractivity contribution < 1.29 is 4.79 Å². The van der Waals surface area contributed by atoms with Crippen molar-refractivity contribution in [1.82, 2.24) is 9.97 Å². The van der Waals surface area contributed by atoms with Crippen LogP contribution in [0.5, 0.6) is 0 Å². The van der Waals surface area contributed by atoms with Crippen molar-refractivity contribution in [3.8, 4) is 10.6 Å². The second-order valence-electron chi connectivity index (χ2n) is 5.86. The predicted octanol–water partition coefficient (Wildman–Crippen LogP) is 4.57. The Morgan fingerprint density at radius 2 is 2.09 bits per heavy atom. The van der Waals surface area contributed by atoms with Gasteiger partial charge in [0.15, 0.2) is 0 Å². The SMILES string of the molecule is CC(=O)Nc1sc2c(c1-c1nc3c(C)nccc3s1)CCCC2. The zero-order valence-electron chi connectivity index (χ0n) is 13.1. The predicted molar refractivity (Wildman–Crippen MR) is 96.4 cm³/mol. The highest BCUT2D eigenvalue weighted by Gasteiger charge is 2.24. The summed E-state index contributed by atoms with van der Waals surface area (Å²) in [6, 6.07) is 2.01. The topological polar surface area (TPSA) is 54.9 Å². The first-order valence-electron chi connectivity index (χ1n) is 7.78. The van der Waals surface area contributed by atoms with Gasteiger partial charge >= 0.3 is 0 Å². The Balaban J connectivity index is 1.93. The van der Waals surface area contributed by atoms with Crippen LogP contribution >= 0.6 is 22.7 Å². The molecule has 4 nitrogen and oxygen atoms in total. The molecule has 3 heterocycles. The molecule has 1 N–H and O–H groups in total. The first-order chi connectivity index (χ1) is 11.1. The molecule has 4 rings (SSSR count). The zero-order valence-corrected chi connectivity index (χ0v) is 14.7. The first-order valence-corrected chi connectivity index (χ1v) is 9.41. The van der Waals surface area contributed by atoms with Crippen LogP contribution in [0.2, 0.25) is 0 Å². The number of amides is 1. The summed E-state index contributed by atoms with van der Waals surface area (Å²) in [5.41, 5.74) is 4.45. The number of anilines is 1. The van der Waals surface area contributed by atoms with Crippen LogP contribution in [-0.2, 0) is 17.6 Å². The number of rotatable bonds is 2. The summed E-state index contributed by atoms with van der Waals surface area (Å²) >= 11 is 3.41. The molecule has 3 aromatic heterocycles. The summed E-state index contributed by atoms with van der Waals surface area (Å²) in [4.78, 5) is 22.2. The number of aromatic nitrogens is 2. The van der Waals surface area contributed by atoms with E-state index >= 15 is 0 Å². The number of hydrogen-bond donors (Lipinski definition) is 1. The van der Waals surface area contributed by atoms with Gasteiger partial charge in [-0.3, -0.25) is 9.78 Å². The van der Waals surface area contributed by atoms with E-state index in [1.807, 2.05) is 19.2 Å². The van der Waals surface area contributed by atoms with Gasteiger partial charge in [0, 0.05) is 23.6 Å². The molecule has 0 fully saturated rings. The molecule has 0 aromatic carbocycles. The number of thiazole rings is 1. The molecule has 0 bridgehead atoms. The summed E-state index contributed by atoms with van der Waals surface area (Å²) in [6.45, 7) is 3.55. The van der Waals surface area contributed by atoms with E-state index in [-0.39, 0.29) is 5.91 Å². The van der Waals surface area contributed by atoms with Crippen molar-refractivity contribution in [2.75, 3.05) is 5.32 Å². The van der Waals surface area contributed by atoms with E-state index in [9.17, 15) is 4.79 Å². The van der Waals surface area contributed by atoms with Crippen LogP contribution in [0, 0.1) is 6.92 Å². The van der Waals surface area contributed by atoms with Crippen LogP contribution in [0.4, 0.5) is 5.00 Å². The largest absolute Gasteiger partial charge is 0.317 e. The molecule has 1 amide bonds. The molecule has 1 aliphatic carbocycles. The Hall–Kier alpha value is -1.79. The lowest BCUT2D eigenvalue weighted by Crippen LogP contribution is -2.05. The Bertz CT molecular complexity index is 910. The molecule has 23 heavy (non-hydrogen) atoms. The summed E-state index contributed by atoms with van der Waals surface area (Å²) in [5.74, 6) is -0.0243. The Morgan fingerprint density at radius 3 is 2.87 bits per heavy atom. The number of carbonyl (C=O) groups excluding carboxylic acids is 1. The van der Waals surface area contributed by atoms with Gasteiger partial charge in [-0.15, -0.1) is 22.7 Å². The van der Waals surface area contributed by atoms with Crippen LogP contribution in [0.15, 0.2) is 12.3 Å². The lowest BCUT2D eigenvalue weighted by molar-refractivity contribution is -0.114. The number of aryl methyl sites for hydroxylation is 2. The Kier molecular flexibility index (Phi) is 3.66. The van der Waals surface area contributed by atoms with Gasteiger partial charge in [-0.25, -0.2) is 4.98 Å². The minimum Gasteiger partial charge on any atom is -0.317 e. The number of fused-ring (bicyclic) bond motifs is 2. The van der Waals surface area contributed by atoms with Crippen molar-refractivity contribution >= 4 is 43.8 Å². The molecule has 6 heteroatoms. The summed E-state index contributed by atoms with van der Waals surface area (Å²) in [7, 11) is 0. The highest BCUT2D eigenvalue weighted by molar-refractivity contribution is 7.23. The van der Waals surface area contributed by atoms with E-state index in [2.05, 4.69) is 10.3 Å². The molecular weight excluding hydrogens is 326 g/mol. The van der Waals surface area contributed by atoms with Gasteiger partial charge in [0.1, 0.15) is 15.5 Å². The van der Waals surface area contributed by atoms with Crippen LogP contribution in [0.25, 0.3) is 20.8 Å². The third-order valence-electron chi connectivity index (χ3n) is 4.16. The van der Waals surface area contributed by atoms with Crippen molar-refractivity contribution in [3.63, 3.8) is 0 Å². The van der Waals surface area contributed by atoms with Gasteiger partial charge in [0.25, 0.3) is 0 Å². The van der Waals surface area contributed by atoms with Crippen molar-refractivity contribution in [1.29, 1.82) is 0 Å². The van der Waals surface area contributed by atoms with E-state index in [0.29, 0.717) is 0 Å². The maximum Gasteiger partial charge on any atom is 0.221 e. The van der Waals surface area contributed by atoms with Gasteiger partial charge in [0.05, 0.1) is 10.4 Å². The minimum absolute atomic E-state index is 0.0243. The van der Waals surface area contributed by atoms with Crippen LogP contribution in [0.3, 0.4) is 0 Å². The molecule has 0 spiro atoms. The fourth-order valence-electron chi connectivity index (χ4n) is 3.13. The smallest absolute Gasteiger partial charge is 0.221 e. The molecule has 3 aromatic rings. The summed E-state index contributed by atoms with van der Waals surface area (Å²) < 4.78 is 1.15. The van der Waals surface area contributed by atoms with Gasteiger partial charge in [-0.2, -0.15) is 0 Å². The maximum atomic E-state index is 11.6. The normalized spacial score (nSPS) is 14.0. The van der Waals surface area contributed by atoms with Gasteiger partial charge in [0.2, 0.25) is 5.91 Å². The third-order valence-corrected chi connectivity index (χ3v) is 6.41. The quantitative estimate of drug-likeness (QED) is 0.742. The monoisotopic (exact) mass is 343 g/mol. The molecule has 118 valence electrons. The van der Waals surface area contributed by atoms with E-state index in [4.69, 9.17) is 4.98 Å². The fourth-order valence-corrected chi connectivity index (χ4v) is 5.62. The van der Waals surface area contributed by atoms with Gasteiger partial charge < -0.3 is 5.32 Å². The molecular formula is C17H17N3OS2. The van der Waals surface area contributed by atoms with Crippen molar-refractivity contribution in [2.24, 2.45) is 0 Å². The number of nitrogens with zero attached hydrogens (tertiary/aromatic N) is 2. The van der Waals surface area contributed by atoms with Gasteiger partial charge in [-0.05, 0) is 44.2 Å². The van der Waals surface area contributed by atoms with Gasteiger partial charge in [-0.1, -0.05) is 0 Å². The number of carbonyl (C=O) groups is 1. The van der Waals surface area contributed by atoms with E-state index in [0.717, 1.165) is 44.3 Å². The Morgan fingerprint density at radius 1 is 1.26 bits per heavy atom. The molecule has 0 saturated carbocycles. The van der Waals surface area contributed by atoms with E-state index < -0.39 is 0 Å². The molecule has 0 radical (unpaired) electrons. The molecule has 0 saturated heterocycles. The fraction of sp³-hybridized carbons (Fsp3) is 0.353. The summed E-state index contributed by atoms with van der Waals surface area (Å²) in [5, 5.41) is 4.97. The number of nitrogens with one attached hydrogen (secondary N) is 1. The molecule has 1 aliphatic rings. The molecule has 0 atom stereocenters. The van der Waals surface area contributed by atoms with Crippen molar-refractivity contribution in [3.05, 3.63) is 28.4 Å². The molecule has 0 unspecified atom stereocenters. The van der Waals surface area contributed by atoms with E-state index in [1.54, 1.807) is 29.6 Å². The molecule has 0 aliphatic heterocycles. The third kappa shape index (κ3) is 2.56. The zero-order chi connectivity index (χ0) is 16.0. The second-order valence-corrected chi connectivity index (χ2v) is 7.99. The highest BCUT2D eigenvalue weighted by atomic mass is 32.1. The lowest BCUT2D eigenvalue weighted by Gasteiger charge is -2.11. The van der Waals surface area contributed by atoms with Crippen LogP contribution in [0.1, 0.15) is 35.9 Å². The number of pyridine rings is 1. The second kappa shape index (κ2) is 5.69. The highest BCUT2D eigenvalue weighted by Crippen LogP contribution is 2.46. The average Bonchev–Trinajstić information content (AvgIpc) is 3.07. The standard InChI is InChI=1S/C17H17N3OS2/c1-9-15-13(7-8-18-9)23-17(20-15)14-11-5-3-4-6-12(11)22-16(14)19-10(2)21/h7-8H,3-6H2,1-2H3,(H,19,21). The summed E-state index contributed by atoms with van der Waals surface area (Å²) in [6.07, 6.45) is 6.46. The maximum absolute atomic E-state index is 11.6. The number of hydrogen-bond acceptors (Lipinski definition) is 5. The van der Waals surface area contributed by atoms with Crippen LogP contribution in [-0.4, -0.2) is 15.9 Å². The Labute approximate surface area is 142 Å². The average molecular weight is 343 g/mol. The number of thiophene rings is 1. The lowest BCUT2D eigenvalue weighted by atomic mass is 9.96.